The Labute approximate surface area is 79.4 Å². The minimum atomic E-state index is -0.750. The average molecular weight is 188 g/mol. The molecule has 0 aliphatic rings. The van der Waals surface area contributed by atoms with Crippen LogP contribution in [0.4, 0.5) is 0 Å². The van der Waals surface area contributed by atoms with Gasteiger partial charge in [-0.05, 0) is 33.8 Å². The Hall–Kier alpha value is -0.440. The number of hydrogen-bond donors (Lipinski definition) is 1. The Morgan fingerprint density at radius 3 is 2.08 bits per heavy atom. The second kappa shape index (κ2) is 3.52. The highest BCUT2D eigenvalue weighted by molar-refractivity contribution is 7.82. The maximum atomic E-state index is 11.3. The number of esters is 1. The zero-order valence-corrected chi connectivity index (χ0v) is 8.94. The number of rotatable bonds is 3. The lowest BCUT2D eigenvalue weighted by Gasteiger charge is -2.25. The minimum absolute atomic E-state index is 0.337. The molecule has 0 aliphatic heterocycles. The lowest BCUT2D eigenvalue weighted by Crippen LogP contribution is -2.35. The fraction of sp³-hybridized carbons (Fsp3) is 0.667. The van der Waals surface area contributed by atoms with E-state index in [1.807, 2.05) is 0 Å². The van der Waals surface area contributed by atoms with E-state index in [-0.39, 0.29) is 5.97 Å². The summed E-state index contributed by atoms with van der Waals surface area (Å²) < 4.78 is 4.37. The van der Waals surface area contributed by atoms with Gasteiger partial charge in [0.25, 0.3) is 0 Å². The molecule has 0 rings (SSSR count). The molecule has 0 aromatic carbocycles. The molecule has 0 unspecified atom stereocenters. The summed E-state index contributed by atoms with van der Waals surface area (Å²) in [4.78, 5) is 11.3. The Bertz CT molecular complexity index is 189. The van der Waals surface area contributed by atoms with Crippen LogP contribution in [0.1, 0.15) is 27.7 Å². The molecule has 0 aromatic rings. The molecule has 0 radical (unpaired) electrons. The maximum absolute atomic E-state index is 11.3. The van der Waals surface area contributed by atoms with Crippen LogP contribution in [0.2, 0.25) is 0 Å². The van der Waals surface area contributed by atoms with Gasteiger partial charge < -0.3 is 4.74 Å². The van der Waals surface area contributed by atoms with Gasteiger partial charge in [-0.15, -0.1) is 0 Å². The highest BCUT2D eigenvalue weighted by Gasteiger charge is 2.29. The van der Waals surface area contributed by atoms with Gasteiger partial charge in [-0.3, -0.25) is 4.79 Å². The minimum Gasteiger partial charge on any atom is -0.454 e. The van der Waals surface area contributed by atoms with Gasteiger partial charge in [0.2, 0.25) is 0 Å². The predicted molar refractivity (Wildman–Crippen MR) is 53.4 cm³/mol. The highest BCUT2D eigenvalue weighted by atomic mass is 32.1. The number of carbonyl (C=O) groups is 1. The van der Waals surface area contributed by atoms with E-state index in [0.717, 1.165) is 0 Å². The zero-order valence-electron chi connectivity index (χ0n) is 8.05. The molecule has 0 amide bonds. The molecule has 2 nitrogen and oxygen atoms in total. The molecule has 0 saturated heterocycles. The van der Waals surface area contributed by atoms with Crippen molar-refractivity contribution in [2.45, 2.75) is 38.0 Å². The Morgan fingerprint density at radius 2 is 1.83 bits per heavy atom. The van der Waals surface area contributed by atoms with Crippen LogP contribution < -0.4 is 0 Å². The van der Waals surface area contributed by atoms with E-state index in [9.17, 15) is 4.79 Å². The van der Waals surface area contributed by atoms with Crippen LogP contribution >= 0.6 is 12.6 Å². The highest BCUT2D eigenvalue weighted by Crippen LogP contribution is 2.19. The normalized spacial score (nSPS) is 12.4. The molecule has 0 spiro atoms. The van der Waals surface area contributed by atoms with Crippen molar-refractivity contribution in [3.63, 3.8) is 0 Å². The first-order valence-corrected chi connectivity index (χ1v) is 4.23. The van der Waals surface area contributed by atoms with Crippen molar-refractivity contribution in [2.24, 2.45) is 0 Å². The van der Waals surface area contributed by atoms with Crippen LogP contribution in [0.3, 0.4) is 0 Å². The molecular formula is C9H16O2S. The summed E-state index contributed by atoms with van der Waals surface area (Å²) in [7, 11) is 0. The van der Waals surface area contributed by atoms with Crippen molar-refractivity contribution in [1.29, 1.82) is 0 Å². The van der Waals surface area contributed by atoms with Crippen molar-refractivity contribution in [3.8, 4) is 0 Å². The molecule has 0 atom stereocenters. The lowest BCUT2D eigenvalue weighted by atomic mass is 10.1. The van der Waals surface area contributed by atoms with E-state index in [4.69, 9.17) is 4.74 Å². The second-order valence-electron chi connectivity index (χ2n) is 3.76. The van der Waals surface area contributed by atoms with E-state index in [0.29, 0.717) is 0 Å². The van der Waals surface area contributed by atoms with Crippen molar-refractivity contribution in [3.05, 3.63) is 12.7 Å². The summed E-state index contributed by atoms with van der Waals surface area (Å²) in [6, 6.07) is 0. The van der Waals surface area contributed by atoms with Gasteiger partial charge >= 0.3 is 5.97 Å². The van der Waals surface area contributed by atoms with Crippen LogP contribution in [0.15, 0.2) is 12.7 Å². The van der Waals surface area contributed by atoms with Gasteiger partial charge in [-0.2, -0.15) is 12.6 Å². The lowest BCUT2D eigenvalue weighted by molar-refractivity contribution is -0.154. The van der Waals surface area contributed by atoms with Crippen LogP contribution in [-0.4, -0.2) is 16.3 Å². The van der Waals surface area contributed by atoms with E-state index in [1.54, 1.807) is 33.8 Å². The number of thiol groups is 1. The fourth-order valence-corrected chi connectivity index (χ4v) is 0.451. The van der Waals surface area contributed by atoms with Gasteiger partial charge in [0, 0.05) is 0 Å². The number of ether oxygens (including phenoxy) is 1. The first-order valence-electron chi connectivity index (χ1n) is 3.78. The number of carbonyl (C=O) groups excluding carboxylic acids is 1. The quantitative estimate of drug-likeness (QED) is 0.417. The maximum Gasteiger partial charge on any atom is 0.322 e. The summed E-state index contributed by atoms with van der Waals surface area (Å²) in [5.41, 5.74) is -0.614. The molecule has 0 heterocycles. The molecule has 70 valence electrons. The summed E-state index contributed by atoms with van der Waals surface area (Å²) in [6.45, 7) is 10.5. The van der Waals surface area contributed by atoms with Gasteiger partial charge in [0.05, 0.1) is 0 Å². The molecule has 0 N–H and O–H groups in total. The molecule has 0 aliphatic carbocycles. The van der Waals surface area contributed by atoms with Crippen molar-refractivity contribution >= 4 is 18.6 Å². The Balaban J connectivity index is 4.29. The average Bonchev–Trinajstić information content (AvgIpc) is 1.85. The largest absolute Gasteiger partial charge is 0.454 e. The van der Waals surface area contributed by atoms with Gasteiger partial charge in [-0.25, -0.2) is 0 Å². The first-order chi connectivity index (χ1) is 5.19. The molecule has 0 bridgehead atoms. The van der Waals surface area contributed by atoms with Gasteiger partial charge in [0.1, 0.15) is 10.3 Å². The smallest absolute Gasteiger partial charge is 0.322 e. The van der Waals surface area contributed by atoms with Crippen LogP contribution in [0.25, 0.3) is 0 Å². The number of hydrogen-bond acceptors (Lipinski definition) is 3. The molecule has 0 saturated carbocycles. The summed E-state index contributed by atoms with van der Waals surface area (Å²) in [5, 5.41) is 0. The van der Waals surface area contributed by atoms with E-state index >= 15 is 0 Å². The van der Waals surface area contributed by atoms with Crippen molar-refractivity contribution < 1.29 is 9.53 Å². The van der Waals surface area contributed by atoms with Crippen molar-refractivity contribution in [2.75, 3.05) is 0 Å². The SMILES string of the molecule is C=CC(C)(C)OC(=O)C(C)(C)S. The molecule has 3 heteroatoms. The molecule has 0 fully saturated rings. The van der Waals surface area contributed by atoms with E-state index in [1.165, 1.54) is 0 Å². The van der Waals surface area contributed by atoms with Crippen LogP contribution in [0, 0.1) is 0 Å². The van der Waals surface area contributed by atoms with Crippen LogP contribution in [-0.2, 0) is 9.53 Å². The summed E-state index contributed by atoms with van der Waals surface area (Å²) >= 11 is 4.09. The Kier molecular flexibility index (Phi) is 3.39. The predicted octanol–water partition coefficient (Wildman–Crippen LogP) is 2.20. The third kappa shape index (κ3) is 3.81. The van der Waals surface area contributed by atoms with E-state index < -0.39 is 10.3 Å². The van der Waals surface area contributed by atoms with Crippen molar-refractivity contribution in [1.82, 2.24) is 0 Å². The van der Waals surface area contributed by atoms with Crippen LogP contribution in [0.5, 0.6) is 0 Å². The molecule has 0 aromatic heterocycles. The summed E-state index contributed by atoms with van der Waals surface area (Å²) in [6.07, 6.45) is 1.59. The summed E-state index contributed by atoms with van der Waals surface area (Å²) in [5.74, 6) is -0.337. The monoisotopic (exact) mass is 188 g/mol. The third-order valence-electron chi connectivity index (χ3n) is 1.35. The second-order valence-corrected chi connectivity index (χ2v) is 4.87. The first kappa shape index (κ1) is 11.6. The topological polar surface area (TPSA) is 26.3 Å². The fourth-order valence-electron chi connectivity index (χ4n) is 0.405. The third-order valence-corrected chi connectivity index (χ3v) is 1.53. The van der Waals surface area contributed by atoms with E-state index in [2.05, 4.69) is 19.2 Å². The van der Waals surface area contributed by atoms with Gasteiger partial charge in [0.15, 0.2) is 0 Å². The van der Waals surface area contributed by atoms with Gasteiger partial charge in [-0.1, -0.05) is 6.58 Å². The molecule has 12 heavy (non-hydrogen) atoms. The standard InChI is InChI=1S/C9H16O2S/c1-6-8(2,3)11-7(10)9(4,5)12/h6,12H,1H2,2-5H3. The Morgan fingerprint density at radius 1 is 1.42 bits per heavy atom. The zero-order chi connectivity index (χ0) is 9.99. The molecular weight excluding hydrogens is 172 g/mol.